The van der Waals surface area contributed by atoms with Crippen LogP contribution in [0.1, 0.15) is 31.5 Å². The molecule has 0 aromatic carbocycles. The van der Waals surface area contributed by atoms with Crippen LogP contribution in [0.4, 0.5) is 0 Å². The molecule has 0 radical (unpaired) electrons. The van der Waals surface area contributed by atoms with E-state index in [2.05, 4.69) is 34.0 Å². The molecular weight excluding hydrogens is 280 g/mol. The SMILES string of the molecule is CCCc1nn(C2C=CC=C(Br)C2)ccc1=O. The number of nitrogens with zero attached hydrogens (tertiary/aromatic N) is 2. The van der Waals surface area contributed by atoms with Crippen LogP contribution in [0.3, 0.4) is 0 Å². The molecule has 3 nitrogen and oxygen atoms in total. The average molecular weight is 295 g/mol. The Hall–Kier alpha value is -1.16. The lowest BCUT2D eigenvalue weighted by Crippen LogP contribution is -2.20. The van der Waals surface area contributed by atoms with Gasteiger partial charge >= 0.3 is 0 Å². The van der Waals surface area contributed by atoms with E-state index in [1.165, 1.54) is 0 Å². The standard InChI is InChI=1S/C13H15BrN2O/c1-2-4-12-13(17)7-8-16(15-12)11-6-3-5-10(14)9-11/h3,5-8,11H,2,4,9H2,1H3. The van der Waals surface area contributed by atoms with Gasteiger partial charge in [-0.05, 0) is 10.9 Å². The predicted octanol–water partition coefficient (Wildman–Crippen LogP) is 2.98. The van der Waals surface area contributed by atoms with Crippen molar-refractivity contribution in [2.24, 2.45) is 0 Å². The van der Waals surface area contributed by atoms with E-state index < -0.39 is 0 Å². The van der Waals surface area contributed by atoms with Crippen LogP contribution >= 0.6 is 15.9 Å². The zero-order chi connectivity index (χ0) is 12.3. The lowest BCUT2D eigenvalue weighted by Gasteiger charge is -2.18. The Morgan fingerprint density at radius 1 is 1.59 bits per heavy atom. The predicted molar refractivity (Wildman–Crippen MR) is 72.3 cm³/mol. The number of allylic oxidation sites excluding steroid dienone is 4. The van der Waals surface area contributed by atoms with Crippen molar-refractivity contribution in [2.75, 3.05) is 0 Å². The van der Waals surface area contributed by atoms with Gasteiger partial charge in [-0.3, -0.25) is 9.48 Å². The van der Waals surface area contributed by atoms with E-state index in [4.69, 9.17) is 0 Å². The maximum Gasteiger partial charge on any atom is 0.203 e. The Balaban J connectivity index is 2.28. The maximum atomic E-state index is 11.6. The highest BCUT2D eigenvalue weighted by molar-refractivity contribution is 9.11. The van der Waals surface area contributed by atoms with Gasteiger partial charge in [0.15, 0.2) is 0 Å². The third-order valence-corrected chi connectivity index (χ3v) is 3.33. The van der Waals surface area contributed by atoms with Gasteiger partial charge < -0.3 is 0 Å². The second-order valence-electron chi connectivity index (χ2n) is 4.13. The van der Waals surface area contributed by atoms with Gasteiger partial charge in [0.25, 0.3) is 0 Å². The first-order chi connectivity index (χ1) is 8.20. The molecule has 0 fully saturated rings. The van der Waals surface area contributed by atoms with Crippen LogP contribution in [-0.4, -0.2) is 9.78 Å². The van der Waals surface area contributed by atoms with Crippen molar-refractivity contribution in [3.63, 3.8) is 0 Å². The van der Waals surface area contributed by atoms with E-state index in [1.54, 1.807) is 12.3 Å². The molecule has 1 aromatic heterocycles. The second-order valence-corrected chi connectivity index (χ2v) is 5.15. The fourth-order valence-corrected chi connectivity index (χ4v) is 2.35. The summed E-state index contributed by atoms with van der Waals surface area (Å²) < 4.78 is 3.03. The van der Waals surface area contributed by atoms with Crippen LogP contribution in [0.25, 0.3) is 0 Å². The number of aromatic nitrogens is 2. The molecule has 0 aliphatic heterocycles. The van der Waals surface area contributed by atoms with Gasteiger partial charge in [0.1, 0.15) is 5.69 Å². The number of aryl methyl sites for hydroxylation is 1. The average Bonchev–Trinajstić information content (AvgIpc) is 2.32. The smallest absolute Gasteiger partial charge is 0.203 e. The van der Waals surface area contributed by atoms with E-state index in [9.17, 15) is 4.79 Å². The number of halogens is 1. The number of hydrogen-bond acceptors (Lipinski definition) is 2. The first-order valence-corrected chi connectivity index (χ1v) is 6.61. The van der Waals surface area contributed by atoms with Crippen molar-refractivity contribution < 1.29 is 0 Å². The second kappa shape index (κ2) is 5.45. The van der Waals surface area contributed by atoms with Crippen molar-refractivity contribution >= 4 is 15.9 Å². The van der Waals surface area contributed by atoms with Gasteiger partial charge in [0.2, 0.25) is 5.43 Å². The van der Waals surface area contributed by atoms with Crippen molar-refractivity contribution in [3.05, 3.63) is 50.9 Å². The molecule has 0 saturated carbocycles. The van der Waals surface area contributed by atoms with Gasteiger partial charge in [-0.25, -0.2) is 0 Å². The summed E-state index contributed by atoms with van der Waals surface area (Å²) in [4.78, 5) is 11.6. The first-order valence-electron chi connectivity index (χ1n) is 5.82. The zero-order valence-corrected chi connectivity index (χ0v) is 11.4. The Labute approximate surface area is 109 Å². The third kappa shape index (κ3) is 2.94. The molecule has 0 amide bonds. The molecule has 1 aliphatic carbocycles. The lowest BCUT2D eigenvalue weighted by atomic mass is 10.1. The molecule has 0 N–H and O–H groups in total. The van der Waals surface area contributed by atoms with Gasteiger partial charge in [-0.1, -0.05) is 47.5 Å². The fraction of sp³-hybridized carbons (Fsp3) is 0.385. The Bertz CT molecular complexity index is 516. The maximum absolute atomic E-state index is 11.6. The Morgan fingerprint density at radius 2 is 2.41 bits per heavy atom. The van der Waals surface area contributed by atoms with Gasteiger partial charge in [0, 0.05) is 18.7 Å². The molecule has 1 unspecified atom stereocenters. The van der Waals surface area contributed by atoms with Gasteiger partial charge in [-0.2, -0.15) is 5.10 Å². The quantitative estimate of drug-likeness (QED) is 0.859. The van der Waals surface area contributed by atoms with Crippen LogP contribution in [0, 0.1) is 0 Å². The van der Waals surface area contributed by atoms with E-state index in [-0.39, 0.29) is 11.5 Å². The molecule has 4 heteroatoms. The van der Waals surface area contributed by atoms with Crippen LogP contribution in [-0.2, 0) is 6.42 Å². The topological polar surface area (TPSA) is 34.9 Å². The number of hydrogen-bond donors (Lipinski definition) is 0. The normalized spacial score (nSPS) is 19.2. The minimum Gasteiger partial charge on any atom is -0.288 e. The lowest BCUT2D eigenvalue weighted by molar-refractivity contribution is 0.513. The summed E-state index contributed by atoms with van der Waals surface area (Å²) in [6, 6.07) is 1.81. The molecule has 1 atom stereocenters. The highest BCUT2D eigenvalue weighted by atomic mass is 79.9. The minimum absolute atomic E-state index is 0.0393. The summed E-state index contributed by atoms with van der Waals surface area (Å²) in [7, 11) is 0. The van der Waals surface area contributed by atoms with Gasteiger partial charge in [0.05, 0.1) is 6.04 Å². The molecular formula is C13H15BrN2O. The molecule has 2 rings (SSSR count). The number of rotatable bonds is 3. The molecule has 0 spiro atoms. The van der Waals surface area contributed by atoms with E-state index in [0.29, 0.717) is 5.69 Å². The largest absolute Gasteiger partial charge is 0.288 e. The van der Waals surface area contributed by atoms with Crippen LogP contribution in [0.5, 0.6) is 0 Å². The van der Waals surface area contributed by atoms with Crippen molar-refractivity contribution in [3.8, 4) is 0 Å². The van der Waals surface area contributed by atoms with Gasteiger partial charge in [-0.15, -0.1) is 0 Å². The molecule has 1 aliphatic rings. The molecule has 17 heavy (non-hydrogen) atoms. The van der Waals surface area contributed by atoms with E-state index >= 15 is 0 Å². The molecule has 0 saturated heterocycles. The van der Waals surface area contributed by atoms with Crippen LogP contribution in [0.15, 0.2) is 39.8 Å². The summed E-state index contributed by atoms with van der Waals surface area (Å²) in [5.41, 5.74) is 0.701. The Morgan fingerprint density at radius 3 is 3.12 bits per heavy atom. The van der Waals surface area contributed by atoms with Crippen LogP contribution in [0.2, 0.25) is 0 Å². The monoisotopic (exact) mass is 294 g/mol. The summed E-state index contributed by atoms with van der Waals surface area (Å²) >= 11 is 3.50. The highest BCUT2D eigenvalue weighted by Crippen LogP contribution is 2.25. The summed E-state index contributed by atoms with van der Waals surface area (Å²) in [6.45, 7) is 2.05. The van der Waals surface area contributed by atoms with Crippen molar-refractivity contribution in [1.82, 2.24) is 9.78 Å². The molecule has 0 bridgehead atoms. The summed E-state index contributed by atoms with van der Waals surface area (Å²) in [5, 5.41) is 4.42. The summed E-state index contributed by atoms with van der Waals surface area (Å²) in [6.07, 6.45) is 10.5. The Kier molecular flexibility index (Phi) is 3.94. The fourth-order valence-electron chi connectivity index (χ4n) is 1.86. The first kappa shape index (κ1) is 12.3. The molecule has 1 aromatic rings. The molecule has 90 valence electrons. The van der Waals surface area contributed by atoms with Crippen LogP contribution < -0.4 is 5.43 Å². The highest BCUT2D eigenvalue weighted by Gasteiger charge is 2.12. The van der Waals surface area contributed by atoms with Crippen molar-refractivity contribution in [2.45, 2.75) is 32.2 Å². The third-order valence-electron chi connectivity index (χ3n) is 2.74. The van der Waals surface area contributed by atoms with Crippen molar-refractivity contribution in [1.29, 1.82) is 0 Å². The minimum atomic E-state index is 0.0393. The van der Waals surface area contributed by atoms with E-state index in [0.717, 1.165) is 23.7 Å². The molecule has 1 heterocycles. The van der Waals surface area contributed by atoms with E-state index in [1.807, 2.05) is 16.8 Å². The zero-order valence-electron chi connectivity index (χ0n) is 9.77. The summed E-state index contributed by atoms with van der Waals surface area (Å²) in [5.74, 6) is 0.